The Morgan fingerprint density at radius 3 is 3.00 bits per heavy atom. The highest BCUT2D eigenvalue weighted by Crippen LogP contribution is 2.37. The summed E-state index contributed by atoms with van der Waals surface area (Å²) in [5.41, 5.74) is 1.07. The molecule has 0 unspecified atom stereocenters. The van der Waals surface area contributed by atoms with Crippen LogP contribution in [0.25, 0.3) is 0 Å². The van der Waals surface area contributed by atoms with E-state index in [0.29, 0.717) is 6.61 Å². The number of aromatic nitrogens is 2. The molecular formula is C19H25N3O2. The average Bonchev–Trinajstić information content (AvgIpc) is 3.28. The Kier molecular flexibility index (Phi) is 4.65. The summed E-state index contributed by atoms with van der Waals surface area (Å²) in [5, 5.41) is 0. The number of likely N-dealkylation sites (tertiary alicyclic amines) is 1. The monoisotopic (exact) mass is 327 g/mol. The van der Waals surface area contributed by atoms with Crippen LogP contribution < -0.4 is 0 Å². The molecular weight excluding hydrogens is 302 g/mol. The molecule has 1 N–H and O–H groups in total. The van der Waals surface area contributed by atoms with Crippen LogP contribution in [0.2, 0.25) is 0 Å². The van der Waals surface area contributed by atoms with Gasteiger partial charge in [0.1, 0.15) is 11.4 Å². The molecule has 2 saturated heterocycles. The van der Waals surface area contributed by atoms with Crippen LogP contribution in [0.15, 0.2) is 42.7 Å². The van der Waals surface area contributed by atoms with E-state index in [1.54, 1.807) is 0 Å². The number of hydrogen-bond acceptors (Lipinski definition) is 4. The number of imidazole rings is 1. The molecule has 1 spiro atoms. The lowest BCUT2D eigenvalue weighted by molar-refractivity contribution is -0.160. The summed E-state index contributed by atoms with van der Waals surface area (Å²) < 4.78 is 12.5. The highest BCUT2D eigenvalue weighted by atomic mass is 16.6. The molecule has 0 amide bonds. The minimum Gasteiger partial charge on any atom is -0.371 e. The summed E-state index contributed by atoms with van der Waals surface area (Å²) >= 11 is 0. The number of nitrogens with zero attached hydrogens (tertiary/aromatic N) is 2. The van der Waals surface area contributed by atoms with Gasteiger partial charge < -0.3 is 14.5 Å². The van der Waals surface area contributed by atoms with Gasteiger partial charge in [-0.15, -0.1) is 0 Å². The van der Waals surface area contributed by atoms with Gasteiger partial charge in [-0.05, 0) is 24.8 Å². The summed E-state index contributed by atoms with van der Waals surface area (Å²) in [6.45, 7) is 4.30. The number of H-pyrrole nitrogens is 1. The van der Waals surface area contributed by atoms with Crippen molar-refractivity contribution in [3.8, 4) is 0 Å². The topological polar surface area (TPSA) is 50.4 Å². The van der Waals surface area contributed by atoms with Crippen molar-refractivity contribution in [2.24, 2.45) is 0 Å². The number of benzene rings is 1. The fourth-order valence-corrected chi connectivity index (χ4v) is 3.96. The lowest BCUT2D eigenvalue weighted by Gasteiger charge is -2.45. The second-order valence-corrected chi connectivity index (χ2v) is 6.84. The molecule has 5 nitrogen and oxygen atoms in total. The normalized spacial score (nSPS) is 27.8. The molecule has 4 rings (SSSR count). The number of aromatic amines is 1. The minimum absolute atomic E-state index is 0.153. The van der Waals surface area contributed by atoms with Gasteiger partial charge in [-0.3, -0.25) is 4.90 Å². The largest absolute Gasteiger partial charge is 0.371 e. The number of hydrogen-bond donors (Lipinski definition) is 1. The Bertz CT molecular complexity index is 623. The van der Waals surface area contributed by atoms with Crippen LogP contribution in [0.1, 0.15) is 30.7 Å². The number of ether oxygens (including phenoxy) is 2. The molecule has 2 aromatic rings. The van der Waals surface area contributed by atoms with Crippen LogP contribution in [-0.4, -0.2) is 46.3 Å². The van der Waals surface area contributed by atoms with Gasteiger partial charge in [0.25, 0.3) is 0 Å². The van der Waals surface area contributed by atoms with Crippen molar-refractivity contribution < 1.29 is 9.47 Å². The second kappa shape index (κ2) is 7.05. The van der Waals surface area contributed by atoms with Crippen molar-refractivity contribution in [3.63, 3.8) is 0 Å². The van der Waals surface area contributed by atoms with Crippen molar-refractivity contribution in [2.45, 2.75) is 44.1 Å². The number of nitrogens with one attached hydrogen (secondary N) is 1. The van der Waals surface area contributed by atoms with Crippen molar-refractivity contribution in [1.82, 2.24) is 14.9 Å². The molecule has 0 aliphatic carbocycles. The minimum atomic E-state index is -0.153. The second-order valence-electron chi connectivity index (χ2n) is 6.84. The van der Waals surface area contributed by atoms with Crippen LogP contribution in [0.5, 0.6) is 0 Å². The summed E-state index contributed by atoms with van der Waals surface area (Å²) in [4.78, 5) is 9.98. The zero-order valence-electron chi connectivity index (χ0n) is 14.0. The van der Waals surface area contributed by atoms with E-state index in [4.69, 9.17) is 9.47 Å². The lowest BCUT2D eigenvalue weighted by Crippen LogP contribution is -2.57. The van der Waals surface area contributed by atoms with Gasteiger partial charge in [0.15, 0.2) is 0 Å². The first-order valence-electron chi connectivity index (χ1n) is 8.84. The quantitative estimate of drug-likeness (QED) is 0.917. The van der Waals surface area contributed by atoms with Crippen molar-refractivity contribution in [1.29, 1.82) is 0 Å². The standard InChI is InChI=1S/C19H25N3O2/c1-2-5-16(6-3-1)14-23-17-7-11-22(13-18-20-9-10-21-18)15-19(17)8-4-12-24-19/h1-3,5-6,9-10,17H,4,7-8,11-15H2,(H,20,21)/t17-,19-/m0/s1. The molecule has 128 valence electrons. The maximum absolute atomic E-state index is 6.32. The maximum atomic E-state index is 6.32. The van der Waals surface area contributed by atoms with Crippen LogP contribution in [-0.2, 0) is 22.6 Å². The van der Waals surface area contributed by atoms with E-state index in [1.807, 2.05) is 18.5 Å². The molecule has 1 aromatic heterocycles. The average molecular weight is 327 g/mol. The number of rotatable bonds is 5. The molecule has 3 heterocycles. The maximum Gasteiger partial charge on any atom is 0.120 e. The number of piperidine rings is 1. The van der Waals surface area contributed by atoms with Gasteiger partial charge >= 0.3 is 0 Å². The third kappa shape index (κ3) is 3.38. The van der Waals surface area contributed by atoms with Gasteiger partial charge in [0.2, 0.25) is 0 Å². The first-order chi connectivity index (χ1) is 11.8. The predicted molar refractivity (Wildman–Crippen MR) is 91.4 cm³/mol. The molecule has 0 saturated carbocycles. The highest BCUT2D eigenvalue weighted by molar-refractivity contribution is 5.13. The molecule has 5 heteroatoms. The third-order valence-electron chi connectivity index (χ3n) is 5.14. The molecule has 1 aromatic carbocycles. The highest BCUT2D eigenvalue weighted by Gasteiger charge is 2.47. The zero-order chi connectivity index (χ0) is 16.2. The Morgan fingerprint density at radius 2 is 2.25 bits per heavy atom. The molecule has 2 aliphatic heterocycles. The van der Waals surface area contributed by atoms with E-state index in [1.165, 1.54) is 5.56 Å². The van der Waals surface area contributed by atoms with Gasteiger partial charge in [-0.2, -0.15) is 0 Å². The molecule has 2 atom stereocenters. The molecule has 0 radical (unpaired) electrons. The Morgan fingerprint density at radius 1 is 1.33 bits per heavy atom. The van der Waals surface area contributed by atoms with E-state index < -0.39 is 0 Å². The van der Waals surface area contributed by atoms with Crippen LogP contribution in [0.3, 0.4) is 0 Å². The van der Waals surface area contributed by atoms with E-state index in [0.717, 1.165) is 51.3 Å². The first kappa shape index (κ1) is 15.8. The van der Waals surface area contributed by atoms with Gasteiger partial charge in [-0.25, -0.2) is 4.98 Å². The van der Waals surface area contributed by atoms with Gasteiger partial charge in [0.05, 0.1) is 19.3 Å². The van der Waals surface area contributed by atoms with Crippen molar-refractivity contribution in [2.75, 3.05) is 19.7 Å². The van der Waals surface area contributed by atoms with Crippen molar-refractivity contribution in [3.05, 3.63) is 54.1 Å². The molecule has 2 aliphatic rings. The Labute approximate surface area is 143 Å². The lowest BCUT2D eigenvalue weighted by atomic mass is 9.86. The zero-order valence-corrected chi connectivity index (χ0v) is 14.0. The van der Waals surface area contributed by atoms with Crippen LogP contribution in [0, 0.1) is 0 Å². The Balaban J connectivity index is 1.41. The fraction of sp³-hybridized carbons (Fsp3) is 0.526. The molecule has 0 bridgehead atoms. The fourth-order valence-electron chi connectivity index (χ4n) is 3.96. The summed E-state index contributed by atoms with van der Waals surface area (Å²) in [5.74, 6) is 1.02. The van der Waals surface area contributed by atoms with Gasteiger partial charge in [0, 0.05) is 32.1 Å². The summed E-state index contributed by atoms with van der Waals surface area (Å²) in [7, 11) is 0. The van der Waals surface area contributed by atoms with Gasteiger partial charge in [-0.1, -0.05) is 30.3 Å². The smallest absolute Gasteiger partial charge is 0.120 e. The summed E-state index contributed by atoms with van der Waals surface area (Å²) in [6.07, 6.45) is 7.09. The van der Waals surface area contributed by atoms with E-state index in [9.17, 15) is 0 Å². The summed E-state index contributed by atoms with van der Waals surface area (Å²) in [6, 6.07) is 10.4. The molecule has 24 heavy (non-hydrogen) atoms. The predicted octanol–water partition coefficient (Wildman–Crippen LogP) is 2.75. The third-order valence-corrected chi connectivity index (χ3v) is 5.14. The van der Waals surface area contributed by atoms with Crippen LogP contribution in [0.4, 0.5) is 0 Å². The van der Waals surface area contributed by atoms with Crippen LogP contribution >= 0.6 is 0 Å². The molecule has 2 fully saturated rings. The SMILES string of the molecule is c1ccc(CO[C@H]2CCN(Cc3ncc[nH]3)C[C@@]23CCCO3)cc1. The van der Waals surface area contributed by atoms with E-state index in [2.05, 4.69) is 39.1 Å². The van der Waals surface area contributed by atoms with Crippen molar-refractivity contribution >= 4 is 0 Å². The van der Waals surface area contributed by atoms with E-state index >= 15 is 0 Å². The van der Waals surface area contributed by atoms with E-state index in [-0.39, 0.29) is 11.7 Å². The first-order valence-corrected chi connectivity index (χ1v) is 8.84. The Hall–Kier alpha value is -1.69.